The summed E-state index contributed by atoms with van der Waals surface area (Å²) in [6, 6.07) is 10.3. The monoisotopic (exact) mass is 423 g/mol. The van der Waals surface area contributed by atoms with E-state index in [1.165, 1.54) is 13.3 Å². The Bertz CT molecular complexity index is 840. The van der Waals surface area contributed by atoms with Crippen molar-refractivity contribution in [2.75, 3.05) is 12.4 Å². The number of hydrogen-bond acceptors (Lipinski definition) is 4. The van der Waals surface area contributed by atoms with Crippen LogP contribution in [0.1, 0.15) is 11.1 Å². The van der Waals surface area contributed by atoms with E-state index in [0.29, 0.717) is 22.0 Å². The highest BCUT2D eigenvalue weighted by Gasteiger charge is 2.14. The van der Waals surface area contributed by atoms with Crippen LogP contribution in [-0.4, -0.2) is 25.1 Å². The lowest BCUT2D eigenvalue weighted by atomic mass is 10.2. The van der Waals surface area contributed by atoms with Gasteiger partial charge in [-0.3, -0.25) is 9.59 Å². The summed E-state index contributed by atoms with van der Waals surface area (Å²) in [5.74, 6) is -1.16. The largest absolute Gasteiger partial charge is 0.496 e. The molecule has 0 atom stereocenters. The first kappa shape index (κ1) is 19.0. The number of nitrogens with zero attached hydrogens (tertiary/aromatic N) is 1. The standard InChI is InChI=1S/C17H15BrClN3O3/c1-10-3-5-13(19)8-14(10)21-16(23)17(24)22-20-9-11-7-12(18)4-6-15(11)25-2/h3-9H,1-2H3,(H,21,23)(H,22,24)/b20-9-. The zero-order valence-corrected chi connectivity index (χ0v) is 15.8. The summed E-state index contributed by atoms with van der Waals surface area (Å²) < 4.78 is 6.02. The third-order valence-corrected chi connectivity index (χ3v) is 3.94. The summed E-state index contributed by atoms with van der Waals surface area (Å²) in [5, 5.41) is 6.73. The van der Waals surface area contributed by atoms with Crippen LogP contribution in [0.3, 0.4) is 0 Å². The molecule has 0 aromatic heterocycles. The van der Waals surface area contributed by atoms with Gasteiger partial charge in [-0.25, -0.2) is 5.43 Å². The van der Waals surface area contributed by atoms with E-state index in [1.807, 2.05) is 6.07 Å². The molecule has 6 nitrogen and oxygen atoms in total. The molecule has 0 fully saturated rings. The van der Waals surface area contributed by atoms with Gasteiger partial charge in [0.2, 0.25) is 0 Å². The summed E-state index contributed by atoms with van der Waals surface area (Å²) in [7, 11) is 1.53. The van der Waals surface area contributed by atoms with E-state index in [-0.39, 0.29) is 0 Å². The highest BCUT2D eigenvalue weighted by molar-refractivity contribution is 9.10. The van der Waals surface area contributed by atoms with E-state index in [9.17, 15) is 9.59 Å². The molecule has 0 radical (unpaired) electrons. The molecule has 0 heterocycles. The van der Waals surface area contributed by atoms with E-state index >= 15 is 0 Å². The van der Waals surface area contributed by atoms with Crippen LogP contribution in [0.2, 0.25) is 5.02 Å². The Balaban J connectivity index is 2.01. The van der Waals surface area contributed by atoms with E-state index < -0.39 is 11.8 Å². The fourth-order valence-electron chi connectivity index (χ4n) is 1.93. The third-order valence-electron chi connectivity index (χ3n) is 3.22. The normalized spacial score (nSPS) is 10.6. The molecule has 130 valence electrons. The van der Waals surface area contributed by atoms with Crippen molar-refractivity contribution >= 4 is 51.2 Å². The minimum atomic E-state index is -0.899. The number of hydrazone groups is 1. The van der Waals surface area contributed by atoms with Crippen LogP contribution >= 0.6 is 27.5 Å². The minimum Gasteiger partial charge on any atom is -0.496 e. The molecule has 0 aliphatic carbocycles. The van der Waals surface area contributed by atoms with Gasteiger partial charge in [-0.15, -0.1) is 0 Å². The number of ether oxygens (including phenoxy) is 1. The lowest BCUT2D eigenvalue weighted by molar-refractivity contribution is -0.136. The Labute approximate surface area is 158 Å². The van der Waals surface area contributed by atoms with Crippen LogP contribution in [0.15, 0.2) is 46.0 Å². The number of aryl methyl sites for hydroxylation is 1. The maximum Gasteiger partial charge on any atom is 0.329 e. The van der Waals surface area contributed by atoms with Crippen LogP contribution in [-0.2, 0) is 9.59 Å². The van der Waals surface area contributed by atoms with Gasteiger partial charge in [-0.1, -0.05) is 33.6 Å². The molecule has 2 aromatic carbocycles. The molecule has 0 unspecified atom stereocenters. The van der Waals surface area contributed by atoms with Crippen molar-refractivity contribution in [2.24, 2.45) is 5.10 Å². The first-order chi connectivity index (χ1) is 11.9. The van der Waals surface area contributed by atoms with Crippen LogP contribution < -0.4 is 15.5 Å². The average molecular weight is 425 g/mol. The highest BCUT2D eigenvalue weighted by Crippen LogP contribution is 2.21. The molecule has 0 aliphatic rings. The summed E-state index contributed by atoms with van der Waals surface area (Å²) >= 11 is 9.22. The molecule has 0 aliphatic heterocycles. The number of rotatable bonds is 4. The summed E-state index contributed by atoms with van der Waals surface area (Å²) in [4.78, 5) is 23.8. The number of anilines is 1. The Morgan fingerprint density at radius 3 is 2.68 bits per heavy atom. The zero-order chi connectivity index (χ0) is 18.4. The average Bonchev–Trinajstić information content (AvgIpc) is 2.58. The second-order valence-corrected chi connectivity index (χ2v) is 6.35. The fraction of sp³-hybridized carbons (Fsp3) is 0.118. The SMILES string of the molecule is COc1ccc(Br)cc1/C=N\NC(=O)C(=O)Nc1cc(Cl)ccc1C. The van der Waals surface area contributed by atoms with Crippen LogP contribution in [0.5, 0.6) is 5.75 Å². The van der Waals surface area contributed by atoms with Crippen molar-refractivity contribution in [2.45, 2.75) is 6.92 Å². The second-order valence-electron chi connectivity index (χ2n) is 5.00. The lowest BCUT2D eigenvalue weighted by Crippen LogP contribution is -2.32. The number of benzene rings is 2. The molecule has 8 heteroatoms. The van der Waals surface area contributed by atoms with Crippen LogP contribution in [0.4, 0.5) is 5.69 Å². The first-order valence-corrected chi connectivity index (χ1v) is 8.32. The molecule has 0 saturated carbocycles. The van der Waals surface area contributed by atoms with Gasteiger partial charge >= 0.3 is 11.8 Å². The minimum absolute atomic E-state index is 0.459. The molecule has 25 heavy (non-hydrogen) atoms. The van der Waals surface area contributed by atoms with Crippen molar-refractivity contribution in [3.8, 4) is 5.75 Å². The third kappa shape index (κ3) is 5.30. The predicted molar refractivity (Wildman–Crippen MR) is 101 cm³/mol. The Morgan fingerprint density at radius 2 is 1.96 bits per heavy atom. The van der Waals surface area contributed by atoms with Gasteiger partial charge in [0.25, 0.3) is 0 Å². The van der Waals surface area contributed by atoms with E-state index in [4.69, 9.17) is 16.3 Å². The van der Waals surface area contributed by atoms with Gasteiger partial charge in [0, 0.05) is 20.7 Å². The van der Waals surface area contributed by atoms with Gasteiger partial charge in [0.1, 0.15) is 5.75 Å². The predicted octanol–water partition coefficient (Wildman–Crippen LogP) is 3.51. The quantitative estimate of drug-likeness (QED) is 0.448. The molecule has 0 spiro atoms. The van der Waals surface area contributed by atoms with Crippen molar-refractivity contribution in [3.05, 3.63) is 57.0 Å². The number of hydrogen-bond donors (Lipinski definition) is 2. The molecule has 2 rings (SSSR count). The number of carbonyl (C=O) groups is 2. The van der Waals surface area contributed by atoms with Crippen molar-refractivity contribution in [3.63, 3.8) is 0 Å². The number of nitrogens with one attached hydrogen (secondary N) is 2. The highest BCUT2D eigenvalue weighted by atomic mass is 79.9. The smallest absolute Gasteiger partial charge is 0.329 e. The molecule has 2 N–H and O–H groups in total. The summed E-state index contributed by atoms with van der Waals surface area (Å²) in [6.07, 6.45) is 1.39. The van der Waals surface area contributed by atoms with Gasteiger partial charge in [0.05, 0.1) is 13.3 Å². The van der Waals surface area contributed by atoms with E-state index in [0.717, 1.165) is 10.0 Å². The van der Waals surface area contributed by atoms with Gasteiger partial charge in [0.15, 0.2) is 0 Å². The maximum atomic E-state index is 11.9. The Kier molecular flexibility index (Phi) is 6.55. The fourth-order valence-corrected chi connectivity index (χ4v) is 2.48. The number of amides is 2. The maximum absolute atomic E-state index is 11.9. The van der Waals surface area contributed by atoms with Crippen molar-refractivity contribution < 1.29 is 14.3 Å². The zero-order valence-electron chi connectivity index (χ0n) is 13.5. The Hall–Kier alpha value is -2.38. The number of carbonyl (C=O) groups excluding carboxylic acids is 2. The molecular weight excluding hydrogens is 410 g/mol. The molecule has 2 amide bonds. The lowest BCUT2D eigenvalue weighted by Gasteiger charge is -2.08. The van der Waals surface area contributed by atoms with Crippen molar-refractivity contribution in [1.29, 1.82) is 0 Å². The van der Waals surface area contributed by atoms with Gasteiger partial charge in [-0.2, -0.15) is 5.10 Å². The second kappa shape index (κ2) is 8.64. The molecule has 2 aromatic rings. The van der Waals surface area contributed by atoms with Gasteiger partial charge in [-0.05, 0) is 42.8 Å². The van der Waals surface area contributed by atoms with Crippen LogP contribution in [0, 0.1) is 6.92 Å². The number of halogens is 2. The van der Waals surface area contributed by atoms with Gasteiger partial charge < -0.3 is 10.1 Å². The molecular formula is C17H15BrClN3O3. The van der Waals surface area contributed by atoms with E-state index in [2.05, 4.69) is 31.8 Å². The Morgan fingerprint density at radius 1 is 1.20 bits per heavy atom. The number of methoxy groups -OCH3 is 1. The summed E-state index contributed by atoms with van der Waals surface area (Å²) in [6.45, 7) is 1.79. The van der Waals surface area contributed by atoms with E-state index in [1.54, 1.807) is 37.3 Å². The topological polar surface area (TPSA) is 79.8 Å². The van der Waals surface area contributed by atoms with Crippen LogP contribution in [0.25, 0.3) is 0 Å². The van der Waals surface area contributed by atoms with Crippen molar-refractivity contribution in [1.82, 2.24) is 5.43 Å². The first-order valence-electron chi connectivity index (χ1n) is 7.15. The molecule has 0 bridgehead atoms. The summed E-state index contributed by atoms with van der Waals surface area (Å²) in [5.41, 5.74) is 4.06. The molecule has 0 saturated heterocycles.